The molecule has 2 amide bonds. The molecule has 0 bridgehead atoms. The van der Waals surface area contributed by atoms with E-state index in [2.05, 4.69) is 10.6 Å². The van der Waals surface area contributed by atoms with Crippen LogP contribution in [0.15, 0.2) is 0 Å². The van der Waals surface area contributed by atoms with Crippen molar-refractivity contribution >= 4 is 35.5 Å². The van der Waals surface area contributed by atoms with Gasteiger partial charge < -0.3 is 32.3 Å². The van der Waals surface area contributed by atoms with E-state index in [9.17, 15) is 19.2 Å². The van der Waals surface area contributed by atoms with Gasteiger partial charge in [0.25, 0.3) is 0 Å². The smallest absolute Gasteiger partial charge is 0.326 e. The third-order valence-electron chi connectivity index (χ3n) is 3.54. The minimum Gasteiger partial charge on any atom is -0.481 e. The molecule has 0 radical (unpaired) electrons. The Morgan fingerprint density at radius 3 is 2.12 bits per heavy atom. The fourth-order valence-electron chi connectivity index (χ4n) is 2.07. The van der Waals surface area contributed by atoms with Crippen molar-refractivity contribution in [3.05, 3.63) is 0 Å². The molecule has 26 heavy (non-hydrogen) atoms. The Morgan fingerprint density at radius 2 is 1.62 bits per heavy atom. The molecule has 11 heteroatoms. The van der Waals surface area contributed by atoms with E-state index in [0.717, 1.165) is 0 Å². The number of unbranched alkanes of at least 4 members (excludes halogenated alkanes) is 1. The topological polar surface area (TPSA) is 185 Å². The zero-order valence-electron chi connectivity index (χ0n) is 14.8. The molecule has 0 spiro atoms. The van der Waals surface area contributed by atoms with Crippen molar-refractivity contribution in [2.24, 2.45) is 11.5 Å². The van der Waals surface area contributed by atoms with Gasteiger partial charge in [-0.2, -0.15) is 11.8 Å². The molecule has 0 aromatic heterocycles. The summed E-state index contributed by atoms with van der Waals surface area (Å²) in [6, 6.07) is -3.48. The summed E-state index contributed by atoms with van der Waals surface area (Å²) < 4.78 is 0. The Balaban J connectivity index is 4.89. The van der Waals surface area contributed by atoms with Crippen molar-refractivity contribution < 1.29 is 29.4 Å². The highest BCUT2D eigenvalue weighted by molar-refractivity contribution is 7.98. The fourth-order valence-corrected chi connectivity index (χ4v) is 2.54. The van der Waals surface area contributed by atoms with E-state index in [1.54, 1.807) is 6.26 Å². The number of hydrogen-bond donors (Lipinski definition) is 6. The van der Waals surface area contributed by atoms with Crippen LogP contribution in [0.2, 0.25) is 0 Å². The van der Waals surface area contributed by atoms with E-state index < -0.39 is 48.3 Å². The Morgan fingerprint density at radius 1 is 1.00 bits per heavy atom. The highest BCUT2D eigenvalue weighted by Crippen LogP contribution is 2.04. The maximum atomic E-state index is 12.3. The van der Waals surface area contributed by atoms with Crippen molar-refractivity contribution in [2.75, 3.05) is 18.6 Å². The van der Waals surface area contributed by atoms with E-state index in [4.69, 9.17) is 21.7 Å². The summed E-state index contributed by atoms with van der Waals surface area (Å²) in [5.41, 5.74) is 11.1. The molecule has 0 aromatic carbocycles. The lowest BCUT2D eigenvalue weighted by Crippen LogP contribution is -2.55. The van der Waals surface area contributed by atoms with Crippen LogP contribution in [0, 0.1) is 0 Å². The Labute approximate surface area is 156 Å². The molecule has 0 aromatic rings. The maximum absolute atomic E-state index is 12.3. The second-order valence-electron chi connectivity index (χ2n) is 5.73. The molecule has 8 N–H and O–H groups in total. The van der Waals surface area contributed by atoms with Crippen LogP contribution < -0.4 is 22.1 Å². The Bertz CT molecular complexity index is 491. The monoisotopic (exact) mass is 392 g/mol. The minimum absolute atomic E-state index is 0.175. The van der Waals surface area contributed by atoms with Crippen molar-refractivity contribution in [3.63, 3.8) is 0 Å². The normalized spacial score (nSPS) is 14.1. The predicted octanol–water partition coefficient (Wildman–Crippen LogP) is -1.28. The number of thioether (sulfide) groups is 1. The van der Waals surface area contributed by atoms with Gasteiger partial charge in [0, 0.05) is 0 Å². The number of hydrogen-bond acceptors (Lipinski definition) is 7. The van der Waals surface area contributed by atoms with Gasteiger partial charge in [-0.15, -0.1) is 0 Å². The minimum atomic E-state index is -1.41. The Hall–Kier alpha value is -1.85. The molecule has 0 saturated carbocycles. The molecular weight excluding hydrogens is 364 g/mol. The lowest BCUT2D eigenvalue weighted by atomic mass is 10.1. The van der Waals surface area contributed by atoms with Gasteiger partial charge in [-0.3, -0.25) is 14.4 Å². The number of rotatable bonds is 14. The number of carbonyl (C=O) groups is 4. The number of carbonyl (C=O) groups excluding carboxylic acids is 2. The molecule has 0 fully saturated rings. The first kappa shape index (κ1) is 24.1. The fraction of sp³-hybridized carbons (Fsp3) is 0.733. The van der Waals surface area contributed by atoms with E-state index in [1.165, 1.54) is 11.8 Å². The first-order valence-corrected chi connectivity index (χ1v) is 9.62. The van der Waals surface area contributed by atoms with Gasteiger partial charge in [-0.05, 0) is 37.8 Å². The first-order chi connectivity index (χ1) is 12.2. The second kappa shape index (κ2) is 13.4. The molecule has 150 valence electrons. The quantitative estimate of drug-likeness (QED) is 0.196. The largest absolute Gasteiger partial charge is 0.481 e. The van der Waals surface area contributed by atoms with Crippen molar-refractivity contribution in [1.29, 1.82) is 0 Å². The molecule has 0 aliphatic carbocycles. The number of nitrogens with two attached hydrogens (primary N) is 2. The van der Waals surface area contributed by atoms with Gasteiger partial charge in [0.2, 0.25) is 11.8 Å². The Kier molecular flexibility index (Phi) is 12.4. The number of aliphatic carboxylic acids is 2. The van der Waals surface area contributed by atoms with Gasteiger partial charge in [-0.1, -0.05) is 6.42 Å². The van der Waals surface area contributed by atoms with Crippen LogP contribution in [-0.2, 0) is 19.2 Å². The van der Waals surface area contributed by atoms with Crippen LogP contribution >= 0.6 is 11.8 Å². The molecule has 0 heterocycles. The standard InChI is InChI=1S/C15H28N4O6S/c1-26-7-5-10(15(24)25)18-14(23)11(8-12(20)21)19-13(22)9(17)4-2-3-6-16/h9-11H,2-8,16-17H2,1H3,(H,18,23)(H,19,22)(H,20,21)(H,24,25)/t9-,10-,11-/m0/s1. The number of nitrogens with one attached hydrogen (secondary N) is 2. The van der Waals surface area contributed by atoms with E-state index >= 15 is 0 Å². The lowest BCUT2D eigenvalue weighted by molar-refractivity contribution is -0.143. The zero-order valence-corrected chi connectivity index (χ0v) is 15.6. The molecule has 0 unspecified atom stereocenters. The van der Waals surface area contributed by atoms with Crippen molar-refractivity contribution in [3.8, 4) is 0 Å². The molecule has 0 aliphatic rings. The van der Waals surface area contributed by atoms with E-state index in [0.29, 0.717) is 31.6 Å². The average Bonchev–Trinajstić information content (AvgIpc) is 2.57. The second-order valence-corrected chi connectivity index (χ2v) is 6.72. The maximum Gasteiger partial charge on any atom is 0.326 e. The number of carboxylic acid groups (broad SMARTS) is 2. The van der Waals surface area contributed by atoms with E-state index in [1.807, 2.05) is 0 Å². The van der Waals surface area contributed by atoms with Crippen molar-refractivity contribution in [2.45, 2.75) is 50.2 Å². The van der Waals surface area contributed by atoms with Crippen LogP contribution in [0.4, 0.5) is 0 Å². The summed E-state index contributed by atoms with van der Waals surface area (Å²) in [6.07, 6.45) is 2.94. The van der Waals surface area contributed by atoms with Gasteiger partial charge in [0.15, 0.2) is 0 Å². The summed E-state index contributed by atoms with van der Waals surface area (Å²) in [7, 11) is 0. The van der Waals surface area contributed by atoms with Crippen LogP contribution in [-0.4, -0.2) is 70.6 Å². The van der Waals surface area contributed by atoms with Gasteiger partial charge in [-0.25, -0.2) is 4.79 Å². The first-order valence-electron chi connectivity index (χ1n) is 8.22. The molecule has 0 aliphatic heterocycles. The van der Waals surface area contributed by atoms with Gasteiger partial charge >= 0.3 is 11.9 Å². The summed E-state index contributed by atoms with van der Waals surface area (Å²) in [5, 5.41) is 22.6. The van der Waals surface area contributed by atoms with Crippen LogP contribution in [0.1, 0.15) is 32.1 Å². The van der Waals surface area contributed by atoms with E-state index in [-0.39, 0.29) is 6.42 Å². The summed E-state index contributed by atoms with van der Waals surface area (Å²) in [6.45, 7) is 0.463. The predicted molar refractivity (Wildman–Crippen MR) is 97.6 cm³/mol. The van der Waals surface area contributed by atoms with Gasteiger partial charge in [0.1, 0.15) is 12.1 Å². The summed E-state index contributed by atoms with van der Waals surface area (Å²) in [4.78, 5) is 46.5. The lowest BCUT2D eigenvalue weighted by Gasteiger charge is -2.21. The number of carboxylic acids is 2. The zero-order chi connectivity index (χ0) is 20.1. The van der Waals surface area contributed by atoms with Crippen LogP contribution in [0.5, 0.6) is 0 Å². The molecule has 3 atom stereocenters. The highest BCUT2D eigenvalue weighted by atomic mass is 32.2. The molecule has 0 rings (SSSR count). The van der Waals surface area contributed by atoms with Gasteiger partial charge in [0.05, 0.1) is 12.5 Å². The molecular formula is C15H28N4O6S. The summed E-state index contributed by atoms with van der Waals surface area (Å²) >= 11 is 1.41. The summed E-state index contributed by atoms with van der Waals surface area (Å²) in [5.74, 6) is -3.58. The average molecular weight is 392 g/mol. The van der Waals surface area contributed by atoms with Crippen LogP contribution in [0.3, 0.4) is 0 Å². The molecule has 10 nitrogen and oxygen atoms in total. The third-order valence-corrected chi connectivity index (χ3v) is 4.19. The third kappa shape index (κ3) is 10.2. The van der Waals surface area contributed by atoms with Crippen molar-refractivity contribution in [1.82, 2.24) is 10.6 Å². The highest BCUT2D eigenvalue weighted by Gasteiger charge is 2.29. The molecule has 0 saturated heterocycles. The van der Waals surface area contributed by atoms with Crippen LogP contribution in [0.25, 0.3) is 0 Å². The number of amides is 2. The SMILES string of the molecule is CSCC[C@H](NC(=O)[C@H](CC(=O)O)NC(=O)[C@@H](N)CCCCN)C(=O)O.